The van der Waals surface area contributed by atoms with Crippen LogP contribution < -0.4 is 10.9 Å². The molecule has 0 saturated carbocycles. The molecule has 0 spiro atoms. The van der Waals surface area contributed by atoms with Gasteiger partial charge in [-0.3, -0.25) is 5.32 Å². The number of anilines is 1. The van der Waals surface area contributed by atoms with Gasteiger partial charge in [-0.1, -0.05) is 37.3 Å². The van der Waals surface area contributed by atoms with E-state index in [0.29, 0.717) is 16.6 Å². The van der Waals surface area contributed by atoms with E-state index in [2.05, 4.69) is 5.32 Å². The third-order valence-electron chi connectivity index (χ3n) is 5.27. The van der Waals surface area contributed by atoms with Crippen LogP contribution in [0.5, 0.6) is 0 Å². The van der Waals surface area contributed by atoms with E-state index in [-0.39, 0.29) is 18.8 Å². The summed E-state index contributed by atoms with van der Waals surface area (Å²) in [5.74, 6) is -1.32. The van der Waals surface area contributed by atoms with Crippen molar-refractivity contribution in [3.8, 4) is 0 Å². The number of ether oxygens (including phenoxy) is 2. The Balaban J connectivity index is 1.78. The molecule has 0 aliphatic rings. The Morgan fingerprint density at radius 3 is 2.53 bits per heavy atom. The third-order valence-corrected chi connectivity index (χ3v) is 5.27. The van der Waals surface area contributed by atoms with E-state index in [1.807, 2.05) is 30.3 Å². The van der Waals surface area contributed by atoms with Gasteiger partial charge in [-0.25, -0.2) is 14.4 Å². The van der Waals surface area contributed by atoms with Crippen molar-refractivity contribution in [2.75, 3.05) is 11.9 Å². The molecule has 2 N–H and O–H groups in total. The van der Waals surface area contributed by atoms with Crippen molar-refractivity contribution >= 4 is 28.7 Å². The van der Waals surface area contributed by atoms with Crippen molar-refractivity contribution in [3.05, 3.63) is 76.1 Å². The van der Waals surface area contributed by atoms with Gasteiger partial charge in [0.15, 0.2) is 5.60 Å². The molecule has 0 aliphatic carbocycles. The first-order valence-electron chi connectivity index (χ1n) is 10.2. The Kier molecular flexibility index (Phi) is 6.95. The van der Waals surface area contributed by atoms with Gasteiger partial charge in [0.2, 0.25) is 0 Å². The highest BCUT2D eigenvalue weighted by Gasteiger charge is 2.39. The second-order valence-electron chi connectivity index (χ2n) is 7.50. The number of aliphatic hydroxyl groups is 1. The Hall–Kier alpha value is -3.65. The monoisotopic (exact) mass is 439 g/mol. The molecule has 8 nitrogen and oxygen atoms in total. The lowest BCUT2D eigenvalue weighted by atomic mass is 9.85. The Morgan fingerprint density at radius 1 is 1.12 bits per heavy atom. The standard InChI is InChI=1S/C24H25NO7/c1-4-30-23(28)25-18-10-11-19-17(12-21(26)32-20(19)13-18)14-31-22(27)24(3,29)15(2)16-8-6-5-7-9-16/h5-13,15,29H,4,14H2,1-3H3,(H,25,28)/t15-,24+/m1/s1. The molecule has 32 heavy (non-hydrogen) atoms. The molecular formula is C24H25NO7. The Labute approximate surface area is 184 Å². The van der Waals surface area contributed by atoms with Crippen molar-refractivity contribution in [3.63, 3.8) is 0 Å². The summed E-state index contributed by atoms with van der Waals surface area (Å²) in [6.07, 6.45) is -0.631. The predicted molar refractivity (Wildman–Crippen MR) is 118 cm³/mol. The number of amides is 1. The van der Waals surface area contributed by atoms with Crippen LogP contribution in [0.25, 0.3) is 11.0 Å². The van der Waals surface area contributed by atoms with Crippen molar-refractivity contribution in [2.45, 2.75) is 38.9 Å². The predicted octanol–water partition coefficient (Wildman–Crippen LogP) is 3.96. The number of carbonyl (C=O) groups is 2. The van der Waals surface area contributed by atoms with Crippen molar-refractivity contribution in [1.82, 2.24) is 0 Å². The average molecular weight is 439 g/mol. The van der Waals surface area contributed by atoms with Gasteiger partial charge in [0.25, 0.3) is 0 Å². The van der Waals surface area contributed by atoms with Crippen LogP contribution in [0, 0.1) is 0 Å². The van der Waals surface area contributed by atoms with Gasteiger partial charge in [0, 0.05) is 34.7 Å². The summed E-state index contributed by atoms with van der Waals surface area (Å²) < 4.78 is 15.4. The smallest absolute Gasteiger partial charge is 0.411 e. The molecule has 0 fully saturated rings. The number of benzene rings is 2. The van der Waals surface area contributed by atoms with E-state index in [4.69, 9.17) is 13.9 Å². The fraction of sp³-hybridized carbons (Fsp3) is 0.292. The van der Waals surface area contributed by atoms with E-state index in [9.17, 15) is 19.5 Å². The minimum absolute atomic E-state index is 0.210. The second-order valence-corrected chi connectivity index (χ2v) is 7.50. The van der Waals surface area contributed by atoms with Gasteiger partial charge in [-0.15, -0.1) is 0 Å². The van der Waals surface area contributed by atoms with E-state index in [1.165, 1.54) is 19.1 Å². The van der Waals surface area contributed by atoms with Crippen molar-refractivity contribution in [1.29, 1.82) is 0 Å². The largest absolute Gasteiger partial charge is 0.459 e. The average Bonchev–Trinajstić information content (AvgIpc) is 2.77. The van der Waals surface area contributed by atoms with Gasteiger partial charge in [0.1, 0.15) is 12.2 Å². The van der Waals surface area contributed by atoms with Crippen LogP contribution in [0.4, 0.5) is 10.5 Å². The number of fused-ring (bicyclic) bond motifs is 1. The molecule has 0 unspecified atom stereocenters. The minimum Gasteiger partial charge on any atom is -0.459 e. The van der Waals surface area contributed by atoms with Crippen LogP contribution in [0.2, 0.25) is 0 Å². The van der Waals surface area contributed by atoms with Crippen LogP contribution in [-0.2, 0) is 20.9 Å². The molecule has 3 aromatic rings. The summed E-state index contributed by atoms with van der Waals surface area (Å²) >= 11 is 0. The SMILES string of the molecule is CCOC(=O)Nc1ccc2c(COC(=O)[C@@](C)(O)[C@H](C)c3ccccc3)cc(=O)oc2c1. The van der Waals surface area contributed by atoms with E-state index in [1.54, 1.807) is 26.0 Å². The molecule has 2 atom stereocenters. The lowest BCUT2D eigenvalue weighted by Crippen LogP contribution is -2.41. The number of rotatable bonds is 7. The summed E-state index contributed by atoms with van der Waals surface area (Å²) in [6.45, 7) is 4.81. The maximum Gasteiger partial charge on any atom is 0.411 e. The molecule has 0 aliphatic heterocycles. The quantitative estimate of drug-likeness (QED) is 0.423. The molecule has 1 heterocycles. The molecule has 0 radical (unpaired) electrons. The lowest BCUT2D eigenvalue weighted by Gasteiger charge is -2.28. The van der Waals surface area contributed by atoms with Crippen LogP contribution >= 0.6 is 0 Å². The topological polar surface area (TPSA) is 115 Å². The molecule has 0 saturated heterocycles. The van der Waals surface area contributed by atoms with Gasteiger partial charge >= 0.3 is 17.7 Å². The number of esters is 1. The summed E-state index contributed by atoms with van der Waals surface area (Å²) in [6, 6.07) is 15.1. The van der Waals surface area contributed by atoms with E-state index < -0.39 is 29.2 Å². The maximum absolute atomic E-state index is 12.7. The summed E-state index contributed by atoms with van der Waals surface area (Å²) in [5.41, 5.74) is -0.610. The fourth-order valence-electron chi connectivity index (χ4n) is 3.24. The zero-order valence-electron chi connectivity index (χ0n) is 18.1. The van der Waals surface area contributed by atoms with Gasteiger partial charge in [-0.2, -0.15) is 0 Å². The highest BCUT2D eigenvalue weighted by Crippen LogP contribution is 2.29. The van der Waals surface area contributed by atoms with Gasteiger partial charge in [-0.05, 0) is 31.5 Å². The van der Waals surface area contributed by atoms with Crippen molar-refractivity contribution < 1.29 is 28.6 Å². The molecule has 1 amide bonds. The van der Waals surface area contributed by atoms with Crippen LogP contribution in [0.1, 0.15) is 37.8 Å². The summed E-state index contributed by atoms with van der Waals surface area (Å²) in [4.78, 5) is 36.3. The fourth-order valence-corrected chi connectivity index (χ4v) is 3.24. The summed E-state index contributed by atoms with van der Waals surface area (Å²) in [7, 11) is 0. The zero-order valence-corrected chi connectivity index (χ0v) is 18.1. The summed E-state index contributed by atoms with van der Waals surface area (Å²) in [5, 5.41) is 13.9. The highest BCUT2D eigenvalue weighted by atomic mass is 16.6. The minimum atomic E-state index is -1.77. The molecule has 3 rings (SSSR count). The molecule has 1 aromatic heterocycles. The number of carbonyl (C=O) groups excluding carboxylic acids is 2. The first kappa shape index (κ1) is 23.0. The second kappa shape index (κ2) is 9.65. The number of nitrogens with one attached hydrogen (secondary N) is 1. The van der Waals surface area contributed by atoms with Gasteiger partial charge < -0.3 is 19.0 Å². The lowest BCUT2D eigenvalue weighted by molar-refractivity contribution is -0.167. The first-order valence-corrected chi connectivity index (χ1v) is 10.2. The Bertz CT molecular complexity index is 1170. The highest BCUT2D eigenvalue weighted by molar-refractivity contribution is 5.90. The Morgan fingerprint density at radius 2 is 1.84 bits per heavy atom. The molecule has 168 valence electrons. The molecule has 0 bridgehead atoms. The molecule has 2 aromatic carbocycles. The maximum atomic E-state index is 12.7. The normalized spacial score (nSPS) is 13.8. The van der Waals surface area contributed by atoms with Crippen LogP contribution in [-0.4, -0.2) is 29.4 Å². The van der Waals surface area contributed by atoms with E-state index in [0.717, 1.165) is 5.56 Å². The van der Waals surface area contributed by atoms with Gasteiger partial charge in [0.05, 0.1) is 6.61 Å². The number of hydrogen-bond donors (Lipinski definition) is 2. The van der Waals surface area contributed by atoms with Crippen molar-refractivity contribution in [2.24, 2.45) is 0 Å². The molecule has 8 heteroatoms. The van der Waals surface area contributed by atoms with E-state index >= 15 is 0 Å². The van der Waals surface area contributed by atoms with Crippen LogP contribution in [0.15, 0.2) is 63.8 Å². The molecular weight excluding hydrogens is 414 g/mol. The number of hydrogen-bond acceptors (Lipinski definition) is 7. The van der Waals surface area contributed by atoms with Crippen LogP contribution in [0.3, 0.4) is 0 Å². The zero-order chi connectivity index (χ0) is 23.3. The third kappa shape index (κ3) is 5.15. The first-order chi connectivity index (χ1) is 15.2.